The summed E-state index contributed by atoms with van der Waals surface area (Å²) in [6, 6.07) is 0. The second-order valence-corrected chi connectivity index (χ2v) is 12.0. The Kier molecular flexibility index (Phi) is 3.32. The molecule has 3 heterocycles. The zero-order valence-electron chi connectivity index (χ0n) is 6.47. The molecule has 3 aliphatic rings. The normalized spacial score (nSPS) is 29.5. The summed E-state index contributed by atoms with van der Waals surface area (Å²) in [5, 5.41) is 4.13. The Morgan fingerprint density at radius 1 is 0.727 bits per heavy atom. The molecule has 0 aromatic heterocycles. The quantitative estimate of drug-likeness (QED) is 0.605. The molecule has 0 atom stereocenters. The summed E-state index contributed by atoms with van der Waals surface area (Å²) in [6.45, 7) is 2.81. The first-order chi connectivity index (χ1) is 5.45. The van der Waals surface area contributed by atoms with Gasteiger partial charge in [0.05, 0.1) is 0 Å². The molecule has 3 aliphatic heterocycles. The van der Waals surface area contributed by atoms with Gasteiger partial charge in [0.25, 0.3) is 0 Å². The molecule has 0 aliphatic carbocycles. The third kappa shape index (κ3) is 2.45. The van der Waals surface area contributed by atoms with Crippen LogP contribution in [0.25, 0.3) is 0 Å². The van der Waals surface area contributed by atoms with Crippen LogP contribution in [0.15, 0.2) is 0 Å². The van der Waals surface area contributed by atoms with E-state index in [0.29, 0.717) is 0 Å². The van der Waals surface area contributed by atoms with Crippen LogP contribution in [0.4, 0.5) is 0 Å². The van der Waals surface area contributed by atoms with Crippen molar-refractivity contribution in [1.29, 1.82) is 0 Å². The molecule has 0 aromatic rings. The van der Waals surface area contributed by atoms with Crippen molar-refractivity contribution in [1.82, 2.24) is 0 Å². The predicted octanol–water partition coefficient (Wildman–Crippen LogP) is 0.543. The van der Waals surface area contributed by atoms with Crippen molar-refractivity contribution in [3.63, 3.8) is 0 Å². The Morgan fingerprint density at radius 3 is 1.64 bits per heavy atom. The first kappa shape index (κ1) is 8.56. The third-order valence-corrected chi connectivity index (χ3v) is 10.5. The molecular weight excluding hydrogens is 265 g/mol. The molecule has 0 aromatic carbocycles. The zero-order valence-corrected chi connectivity index (χ0v) is 10.7. The first-order valence-electron chi connectivity index (χ1n) is 4.04. The summed E-state index contributed by atoms with van der Waals surface area (Å²) in [4.78, 5) is 0. The van der Waals surface area contributed by atoms with E-state index in [-0.39, 0.29) is 0 Å². The third-order valence-electron chi connectivity index (χ3n) is 2.03. The molecule has 2 radical (unpaired) electrons. The predicted molar refractivity (Wildman–Crippen MR) is 43.8 cm³/mol. The van der Waals surface area contributed by atoms with Gasteiger partial charge in [-0.05, 0) is 0 Å². The van der Waals surface area contributed by atoms with Crippen LogP contribution < -0.4 is 0 Å². The van der Waals surface area contributed by atoms with E-state index in [1.54, 1.807) is 0 Å². The zero-order chi connectivity index (χ0) is 7.52. The average molecular weight is 277 g/mol. The van der Waals surface area contributed by atoms with Gasteiger partial charge in [0.1, 0.15) is 0 Å². The SMILES string of the molecule is C1[CH2][Ge]2[CH2]C[O][Ge]([O]1)[O]C[CH2]2. The van der Waals surface area contributed by atoms with E-state index in [2.05, 4.69) is 0 Å². The molecule has 0 saturated carbocycles. The number of hydrogen-bond acceptors (Lipinski definition) is 3. The van der Waals surface area contributed by atoms with Crippen molar-refractivity contribution < 1.29 is 11.3 Å². The molecule has 3 nitrogen and oxygen atoms in total. The van der Waals surface area contributed by atoms with Crippen LogP contribution in [0.5, 0.6) is 0 Å². The topological polar surface area (TPSA) is 27.7 Å². The molecule has 0 unspecified atom stereocenters. The molecule has 2 bridgehead atoms. The first-order valence-corrected chi connectivity index (χ1v) is 11.1. The molecule has 3 saturated heterocycles. The Bertz CT molecular complexity index is 97.2. The second-order valence-electron chi connectivity index (χ2n) is 2.80. The average Bonchev–Trinajstić information content (AvgIpc) is 1.80. The fourth-order valence-corrected chi connectivity index (χ4v) is 10.3. The monoisotopic (exact) mass is 280 g/mol. The molecule has 11 heavy (non-hydrogen) atoms. The van der Waals surface area contributed by atoms with E-state index in [4.69, 9.17) is 11.3 Å². The van der Waals surface area contributed by atoms with Gasteiger partial charge in [0.15, 0.2) is 0 Å². The summed E-state index contributed by atoms with van der Waals surface area (Å²) < 4.78 is 16.6. The van der Waals surface area contributed by atoms with Gasteiger partial charge in [-0.2, -0.15) is 0 Å². The van der Waals surface area contributed by atoms with Gasteiger partial charge in [0.2, 0.25) is 0 Å². The van der Waals surface area contributed by atoms with Crippen molar-refractivity contribution in [2.24, 2.45) is 0 Å². The van der Waals surface area contributed by atoms with E-state index < -0.39 is 29.7 Å². The molecule has 0 amide bonds. The van der Waals surface area contributed by atoms with Crippen molar-refractivity contribution in [2.75, 3.05) is 19.8 Å². The van der Waals surface area contributed by atoms with E-state index in [0.717, 1.165) is 19.8 Å². The molecule has 0 N–H and O–H groups in total. The number of fused-ring (bicyclic) bond motifs is 6. The molecule has 62 valence electrons. The maximum absolute atomic E-state index is 5.52. The van der Waals surface area contributed by atoms with Crippen LogP contribution in [-0.4, -0.2) is 49.5 Å². The van der Waals surface area contributed by atoms with Gasteiger partial charge < -0.3 is 0 Å². The summed E-state index contributed by atoms with van der Waals surface area (Å²) in [5.74, 6) is 0. The fourth-order valence-electron chi connectivity index (χ4n) is 1.34. The molecule has 3 rings (SSSR count). The van der Waals surface area contributed by atoms with Crippen LogP contribution >= 0.6 is 0 Å². The molecule has 3 fully saturated rings. The minimum absolute atomic E-state index is 0.767. The Balaban J connectivity index is 1.96. The standard InChI is InChI=1S/C6H12Ge2O3/c1-4-9-8-10-5-2-7(1)3-6-11-8/h1-6H2. The minimum atomic E-state index is -1.89. The van der Waals surface area contributed by atoms with Gasteiger partial charge in [-0.15, -0.1) is 0 Å². The van der Waals surface area contributed by atoms with Crippen LogP contribution in [0, 0.1) is 0 Å². The van der Waals surface area contributed by atoms with Crippen molar-refractivity contribution in [3.8, 4) is 0 Å². The summed E-state index contributed by atoms with van der Waals surface area (Å²) in [6.07, 6.45) is 0. The van der Waals surface area contributed by atoms with E-state index in [1.807, 2.05) is 0 Å². The van der Waals surface area contributed by atoms with E-state index >= 15 is 0 Å². The van der Waals surface area contributed by atoms with E-state index in [1.165, 1.54) is 15.8 Å². The van der Waals surface area contributed by atoms with Crippen LogP contribution in [0.2, 0.25) is 15.8 Å². The Labute approximate surface area is 76.6 Å². The molecule has 0 spiro atoms. The van der Waals surface area contributed by atoms with Gasteiger partial charge in [-0.3, -0.25) is 0 Å². The number of rotatable bonds is 0. The van der Waals surface area contributed by atoms with Crippen molar-refractivity contribution >= 4 is 29.7 Å². The van der Waals surface area contributed by atoms with Crippen LogP contribution in [-0.2, 0) is 11.3 Å². The molecular formula is C6H12Ge2O3. The molecule has 5 heteroatoms. The van der Waals surface area contributed by atoms with Gasteiger partial charge in [0, 0.05) is 0 Å². The Hall–Kier alpha value is 0.966. The van der Waals surface area contributed by atoms with E-state index in [9.17, 15) is 0 Å². The summed E-state index contributed by atoms with van der Waals surface area (Å²) >= 11 is -2.66. The van der Waals surface area contributed by atoms with Crippen LogP contribution in [0.3, 0.4) is 0 Å². The Morgan fingerprint density at radius 2 is 1.18 bits per heavy atom. The van der Waals surface area contributed by atoms with Gasteiger partial charge >= 0.3 is 76.6 Å². The summed E-state index contributed by atoms with van der Waals surface area (Å²) in [5.41, 5.74) is 0. The summed E-state index contributed by atoms with van der Waals surface area (Å²) in [7, 11) is 0. The van der Waals surface area contributed by atoms with Crippen molar-refractivity contribution in [3.05, 3.63) is 0 Å². The van der Waals surface area contributed by atoms with Crippen molar-refractivity contribution in [2.45, 2.75) is 15.8 Å². The van der Waals surface area contributed by atoms with Gasteiger partial charge in [-0.25, -0.2) is 0 Å². The number of hydrogen-bond donors (Lipinski definition) is 0. The second kappa shape index (κ2) is 4.27. The van der Waals surface area contributed by atoms with Crippen LogP contribution in [0.1, 0.15) is 0 Å². The maximum atomic E-state index is 5.52. The van der Waals surface area contributed by atoms with Gasteiger partial charge in [-0.1, -0.05) is 0 Å². The fraction of sp³-hybridized carbons (Fsp3) is 1.00.